The van der Waals surface area contributed by atoms with Gasteiger partial charge in [0, 0.05) is 52.4 Å². The zero-order chi connectivity index (χ0) is 27.1. The molecule has 1 saturated heterocycles. The van der Waals surface area contributed by atoms with Crippen LogP contribution in [0.3, 0.4) is 0 Å². The number of hydrogen-bond acceptors (Lipinski definition) is 7. The summed E-state index contributed by atoms with van der Waals surface area (Å²) in [5, 5.41) is 15.4. The first kappa shape index (κ1) is 24.6. The second-order valence-corrected chi connectivity index (χ2v) is 11.0. The third-order valence-electron chi connectivity index (χ3n) is 7.31. The summed E-state index contributed by atoms with van der Waals surface area (Å²) >= 11 is 1.07. The van der Waals surface area contributed by atoms with Gasteiger partial charge in [-0.3, -0.25) is 19.9 Å². The smallest absolute Gasteiger partial charge is 0.224 e. The molecule has 7 rings (SSSR count). The maximum atomic E-state index is 13.7. The van der Waals surface area contributed by atoms with E-state index in [4.69, 9.17) is 0 Å². The van der Waals surface area contributed by atoms with Crippen LogP contribution < -0.4 is 10.6 Å². The number of H-pyrrole nitrogens is 2. The summed E-state index contributed by atoms with van der Waals surface area (Å²) in [6.45, 7) is 1.93. The summed E-state index contributed by atoms with van der Waals surface area (Å²) in [5.41, 5.74) is 6.10. The van der Waals surface area contributed by atoms with Gasteiger partial charge < -0.3 is 15.6 Å². The van der Waals surface area contributed by atoms with Crippen LogP contribution in [0.15, 0.2) is 61.2 Å². The lowest BCUT2D eigenvalue weighted by molar-refractivity contribution is -0.117. The Balaban J connectivity index is 1.19. The van der Waals surface area contributed by atoms with E-state index in [0.717, 1.165) is 80.9 Å². The first-order chi connectivity index (χ1) is 19.6. The van der Waals surface area contributed by atoms with Gasteiger partial charge in [-0.1, -0.05) is 0 Å². The normalized spacial score (nSPS) is 14.2. The lowest BCUT2D eigenvalue weighted by Gasteiger charge is -2.21. The van der Waals surface area contributed by atoms with Crippen LogP contribution in [0.4, 0.5) is 10.1 Å². The van der Waals surface area contributed by atoms with Gasteiger partial charge in [-0.15, -0.1) is 11.3 Å². The van der Waals surface area contributed by atoms with Crippen LogP contribution in [-0.4, -0.2) is 49.1 Å². The summed E-state index contributed by atoms with van der Waals surface area (Å²) in [6.07, 6.45) is 9.45. The fourth-order valence-corrected chi connectivity index (χ4v) is 6.05. The van der Waals surface area contributed by atoms with Crippen LogP contribution in [0.25, 0.3) is 55.0 Å². The van der Waals surface area contributed by atoms with Crippen molar-refractivity contribution in [3.8, 4) is 33.1 Å². The number of rotatable bonds is 6. The van der Waals surface area contributed by atoms with Crippen LogP contribution in [0.5, 0.6) is 0 Å². The van der Waals surface area contributed by atoms with Crippen molar-refractivity contribution in [1.82, 2.24) is 35.5 Å². The van der Waals surface area contributed by atoms with Crippen LogP contribution in [0.2, 0.25) is 0 Å². The Morgan fingerprint density at radius 1 is 1.00 bits per heavy atom. The molecule has 7 heterocycles. The van der Waals surface area contributed by atoms with E-state index in [-0.39, 0.29) is 11.0 Å². The number of pyridine rings is 3. The number of nitrogens with one attached hydrogen (secondary N) is 4. The second kappa shape index (κ2) is 10.2. The highest BCUT2D eigenvalue weighted by atomic mass is 32.1. The highest BCUT2D eigenvalue weighted by molar-refractivity contribution is 7.13. The minimum Gasteiger partial charge on any atom is -0.353 e. The predicted octanol–water partition coefficient (Wildman–Crippen LogP) is 5.76. The SMILES string of the molecule is O=C(CC1CCNCC1)Nc1cncc(-c2cnc3[nH]nc(-c4cc5c(-c6ccc(F)s6)nccc5[nH]4)c3c2)c1. The molecule has 0 atom stereocenters. The quantitative estimate of drug-likeness (QED) is 0.208. The molecule has 1 aliphatic rings. The molecule has 1 amide bonds. The molecule has 1 aliphatic heterocycles. The molecule has 4 N–H and O–H groups in total. The molecule has 0 aromatic carbocycles. The predicted molar refractivity (Wildman–Crippen MR) is 154 cm³/mol. The molecule has 40 heavy (non-hydrogen) atoms. The number of amides is 1. The minimum atomic E-state index is -0.249. The van der Waals surface area contributed by atoms with Crippen molar-refractivity contribution in [3.63, 3.8) is 0 Å². The van der Waals surface area contributed by atoms with Crippen LogP contribution in [0.1, 0.15) is 19.3 Å². The molecular weight excluding hydrogens is 527 g/mol. The van der Waals surface area contributed by atoms with Gasteiger partial charge in [0.1, 0.15) is 5.69 Å². The number of halogens is 1. The molecule has 200 valence electrons. The number of nitrogens with zero attached hydrogens (tertiary/aromatic N) is 4. The standard InChI is InChI=1S/C29H25FN8OS/c30-25-2-1-24(40-25)28-20-12-23(36-22(20)5-8-33-28)27-21-11-18(14-34-29(21)38-37-27)17-10-19(15-32-13-17)35-26(39)9-16-3-6-31-7-4-16/h1-2,5,8,10-16,31,36H,3-4,6-7,9H2,(H,35,39)(H,34,37,38). The van der Waals surface area contributed by atoms with Crippen molar-refractivity contribution in [3.05, 3.63) is 66.3 Å². The number of hydrogen-bond donors (Lipinski definition) is 4. The van der Waals surface area contributed by atoms with Crippen molar-refractivity contribution in [2.45, 2.75) is 19.3 Å². The van der Waals surface area contributed by atoms with Gasteiger partial charge in [0.15, 0.2) is 10.8 Å². The van der Waals surface area contributed by atoms with E-state index in [0.29, 0.717) is 29.4 Å². The average Bonchev–Trinajstić information content (AvgIpc) is 3.71. The first-order valence-corrected chi connectivity index (χ1v) is 14.0. The molecule has 0 bridgehead atoms. The van der Waals surface area contributed by atoms with Crippen molar-refractivity contribution in [2.75, 3.05) is 18.4 Å². The van der Waals surface area contributed by atoms with E-state index in [1.54, 1.807) is 30.9 Å². The van der Waals surface area contributed by atoms with Gasteiger partial charge in [0.2, 0.25) is 5.91 Å². The Bertz CT molecular complexity index is 1850. The lowest BCUT2D eigenvalue weighted by atomic mass is 9.94. The summed E-state index contributed by atoms with van der Waals surface area (Å²) in [4.78, 5) is 30.3. The molecule has 1 fully saturated rings. The number of fused-ring (bicyclic) bond motifs is 2. The van der Waals surface area contributed by atoms with E-state index in [2.05, 4.69) is 40.8 Å². The third kappa shape index (κ3) is 4.74. The van der Waals surface area contributed by atoms with Gasteiger partial charge in [-0.25, -0.2) is 4.98 Å². The summed E-state index contributed by atoms with van der Waals surface area (Å²) < 4.78 is 13.7. The van der Waals surface area contributed by atoms with E-state index >= 15 is 0 Å². The number of anilines is 1. The number of thiophene rings is 1. The average molecular weight is 553 g/mol. The van der Waals surface area contributed by atoms with Gasteiger partial charge >= 0.3 is 0 Å². The van der Waals surface area contributed by atoms with E-state index < -0.39 is 0 Å². The Hall–Kier alpha value is -4.48. The van der Waals surface area contributed by atoms with Crippen molar-refractivity contribution in [1.29, 1.82) is 0 Å². The van der Waals surface area contributed by atoms with Gasteiger partial charge in [0.25, 0.3) is 0 Å². The van der Waals surface area contributed by atoms with Gasteiger partial charge in [-0.05, 0) is 68.2 Å². The van der Waals surface area contributed by atoms with Crippen LogP contribution in [0, 0.1) is 11.0 Å². The fourth-order valence-electron chi connectivity index (χ4n) is 5.31. The van der Waals surface area contributed by atoms with Gasteiger partial charge in [0.05, 0.1) is 28.1 Å². The van der Waals surface area contributed by atoms with Crippen molar-refractivity contribution in [2.24, 2.45) is 5.92 Å². The van der Waals surface area contributed by atoms with Crippen LogP contribution in [-0.2, 0) is 4.79 Å². The highest BCUT2D eigenvalue weighted by Crippen LogP contribution is 2.36. The van der Waals surface area contributed by atoms with E-state index in [9.17, 15) is 9.18 Å². The number of aromatic amines is 2. The third-order valence-corrected chi connectivity index (χ3v) is 8.19. The monoisotopic (exact) mass is 552 g/mol. The summed E-state index contributed by atoms with van der Waals surface area (Å²) in [5.74, 6) is 0.418. The summed E-state index contributed by atoms with van der Waals surface area (Å²) in [6, 6.07) is 11.0. The maximum absolute atomic E-state index is 13.7. The molecule has 9 nitrogen and oxygen atoms in total. The Kier molecular flexibility index (Phi) is 6.29. The van der Waals surface area contributed by atoms with E-state index in [1.165, 1.54) is 6.07 Å². The molecule has 0 saturated carbocycles. The number of piperidine rings is 1. The first-order valence-electron chi connectivity index (χ1n) is 13.1. The lowest BCUT2D eigenvalue weighted by Crippen LogP contribution is -2.30. The zero-order valence-corrected chi connectivity index (χ0v) is 22.2. The van der Waals surface area contributed by atoms with E-state index in [1.807, 2.05) is 24.3 Å². The Labute approximate surface area is 232 Å². The maximum Gasteiger partial charge on any atom is 0.224 e. The van der Waals surface area contributed by atoms with Crippen molar-refractivity contribution < 1.29 is 9.18 Å². The Morgan fingerprint density at radius 3 is 2.73 bits per heavy atom. The molecule has 11 heteroatoms. The molecule has 0 radical (unpaired) electrons. The topological polar surface area (TPSA) is 124 Å². The van der Waals surface area contributed by atoms with Crippen molar-refractivity contribution >= 4 is 44.9 Å². The number of carbonyl (C=O) groups is 1. The molecule has 0 spiro atoms. The largest absolute Gasteiger partial charge is 0.353 e. The van der Waals surface area contributed by atoms with Gasteiger partial charge in [-0.2, -0.15) is 9.49 Å². The summed E-state index contributed by atoms with van der Waals surface area (Å²) in [7, 11) is 0. The molecule has 0 unspecified atom stereocenters. The van der Waals surface area contributed by atoms with Crippen LogP contribution >= 0.6 is 11.3 Å². The minimum absolute atomic E-state index is 0.00880. The molecule has 6 aromatic rings. The highest BCUT2D eigenvalue weighted by Gasteiger charge is 2.18. The molecule has 6 aromatic heterocycles. The molecule has 0 aliphatic carbocycles. The Morgan fingerprint density at radius 2 is 1.88 bits per heavy atom. The molecular formula is C29H25FN8OS. The second-order valence-electron chi connectivity index (χ2n) is 10.0. The number of carbonyl (C=O) groups excluding carboxylic acids is 1. The fraction of sp³-hybridized carbons (Fsp3) is 0.207. The number of aromatic nitrogens is 6. The zero-order valence-electron chi connectivity index (χ0n) is 21.4.